The van der Waals surface area contributed by atoms with Gasteiger partial charge in [0.1, 0.15) is 0 Å². The molecule has 0 aliphatic heterocycles. The number of hydrogen-bond acceptors (Lipinski definition) is 3. The van der Waals surface area contributed by atoms with Crippen molar-refractivity contribution in [3.8, 4) is 22.3 Å². The minimum absolute atomic E-state index is 0.833. The Labute approximate surface area is 146 Å². The lowest BCUT2D eigenvalue weighted by molar-refractivity contribution is -0.134. The first-order valence-corrected chi connectivity index (χ1v) is 7.81. The number of carbonyl (C=O) groups is 1. The van der Waals surface area contributed by atoms with Gasteiger partial charge >= 0.3 is 0 Å². The van der Waals surface area contributed by atoms with Crippen LogP contribution in [-0.2, 0) is 11.2 Å². The van der Waals surface area contributed by atoms with E-state index in [9.17, 15) is 0 Å². The molecule has 0 atom stereocenters. The molecule has 0 spiro atoms. The number of rotatable bonds is 0. The van der Waals surface area contributed by atoms with Crippen LogP contribution in [0.25, 0.3) is 22.3 Å². The van der Waals surface area contributed by atoms with E-state index in [-0.39, 0.29) is 0 Å². The molecule has 0 saturated carbocycles. The highest BCUT2D eigenvalue weighted by molar-refractivity contribution is 5.76. The van der Waals surface area contributed by atoms with Crippen molar-refractivity contribution in [2.75, 3.05) is 0 Å². The van der Waals surface area contributed by atoms with Crippen LogP contribution in [-0.4, -0.2) is 11.1 Å². The first-order valence-electron chi connectivity index (χ1n) is 7.81. The van der Waals surface area contributed by atoms with Crippen LogP contribution >= 0.6 is 0 Å². The number of carboxylic acid groups (broad SMARTS) is 1. The van der Waals surface area contributed by atoms with Crippen molar-refractivity contribution < 1.29 is 9.90 Å². The topological polar surface area (TPSA) is 84.9 Å². The van der Waals surface area contributed by atoms with Crippen molar-refractivity contribution in [2.45, 2.75) is 13.3 Å². The van der Waals surface area contributed by atoms with E-state index in [4.69, 9.17) is 20.7 Å². The van der Waals surface area contributed by atoms with E-state index in [0.29, 0.717) is 0 Å². The molecule has 2 aromatic rings. The molecule has 0 fully saturated rings. The Kier molecular flexibility index (Phi) is 6.02. The van der Waals surface area contributed by atoms with Crippen LogP contribution in [0.3, 0.4) is 0 Å². The average molecular weight is 330 g/mol. The van der Waals surface area contributed by atoms with Crippen LogP contribution in [0.2, 0.25) is 0 Å². The summed E-state index contributed by atoms with van der Waals surface area (Å²) in [6.07, 6.45) is 1.10. The lowest BCUT2D eigenvalue weighted by atomic mass is 9.95. The average Bonchev–Trinajstić information content (AvgIpc) is 2.99. The highest BCUT2D eigenvalue weighted by Gasteiger charge is 2.15. The Morgan fingerprint density at radius 3 is 1.36 bits per heavy atom. The molecular weight excluding hydrogens is 312 g/mol. The predicted molar refractivity (Wildman–Crippen MR) is 96.9 cm³/mol. The molecule has 0 aromatic heterocycles. The summed E-state index contributed by atoms with van der Waals surface area (Å²) in [4.78, 5) is 9.00. The Morgan fingerprint density at radius 1 is 0.760 bits per heavy atom. The van der Waals surface area contributed by atoms with Gasteiger partial charge in [-0.1, -0.05) is 72.8 Å². The highest BCUT2D eigenvalue weighted by Crippen LogP contribution is 2.35. The van der Waals surface area contributed by atoms with Crippen LogP contribution in [0, 0.1) is 10.8 Å². The molecule has 0 bridgehead atoms. The van der Waals surface area contributed by atoms with Gasteiger partial charge in [-0.15, -0.1) is 0 Å². The monoisotopic (exact) mass is 330 g/mol. The van der Waals surface area contributed by atoms with Crippen molar-refractivity contribution in [3.05, 3.63) is 83.9 Å². The number of hydrogen-bond donors (Lipinski definition) is 1. The van der Waals surface area contributed by atoms with Gasteiger partial charge in [0.15, 0.2) is 0 Å². The molecule has 5 rings (SSSR count). The van der Waals surface area contributed by atoms with E-state index < -0.39 is 5.97 Å². The standard InChI is InChI=1S/C13H10.C6H4.C2H4O2.N2/c1-3-7-12-10(5-1)9-11-6-2-4-8-13(11)12;1-2-6-4-3-5(1)6;1-2(3)4;1-2/h1-8H,9H2;1-4H;1H3,(H,3,4);. The molecule has 0 saturated heterocycles. The molecule has 1 N–H and O–H groups in total. The first-order chi connectivity index (χ1) is 12.1. The minimum atomic E-state index is -0.833. The summed E-state index contributed by atoms with van der Waals surface area (Å²) in [5.74, 6) is -0.833. The molecule has 4 nitrogen and oxygen atoms in total. The molecule has 2 aromatic carbocycles. The summed E-state index contributed by atoms with van der Waals surface area (Å²) in [6, 6.07) is 25.8. The van der Waals surface area contributed by atoms with Crippen LogP contribution in [0.1, 0.15) is 18.1 Å². The molecule has 124 valence electrons. The molecule has 0 heterocycles. The van der Waals surface area contributed by atoms with Gasteiger partial charge in [0.05, 0.1) is 0 Å². The second-order valence-electron chi connectivity index (χ2n) is 5.59. The Hall–Kier alpha value is -3.45. The zero-order valence-corrected chi connectivity index (χ0v) is 13.9. The summed E-state index contributed by atoms with van der Waals surface area (Å²) in [5.41, 5.74) is 8.61. The van der Waals surface area contributed by atoms with E-state index in [1.165, 1.54) is 33.4 Å². The maximum Gasteiger partial charge on any atom is 0.300 e. The van der Waals surface area contributed by atoms with Crippen molar-refractivity contribution in [1.29, 1.82) is 10.8 Å². The number of carboxylic acids is 1. The molecule has 0 radical (unpaired) electrons. The Bertz CT molecular complexity index is 815. The van der Waals surface area contributed by atoms with Crippen molar-refractivity contribution in [2.24, 2.45) is 0 Å². The minimum Gasteiger partial charge on any atom is -0.481 e. The number of fused-ring (bicyclic) bond motifs is 4. The largest absolute Gasteiger partial charge is 0.481 e. The molecule has 0 amide bonds. The van der Waals surface area contributed by atoms with Gasteiger partial charge < -0.3 is 5.11 Å². The lowest BCUT2D eigenvalue weighted by Crippen LogP contribution is -1.85. The van der Waals surface area contributed by atoms with Gasteiger partial charge in [-0.25, -0.2) is 0 Å². The van der Waals surface area contributed by atoms with Gasteiger partial charge in [0.2, 0.25) is 0 Å². The van der Waals surface area contributed by atoms with Crippen molar-refractivity contribution >= 4 is 5.97 Å². The molecular formula is C21H18N2O2. The quantitative estimate of drug-likeness (QED) is 0.403. The number of nitrogens with zero attached hydrogens (tertiary/aromatic N) is 2. The third-order valence-electron chi connectivity index (χ3n) is 3.92. The maximum absolute atomic E-state index is 9.00. The van der Waals surface area contributed by atoms with Gasteiger partial charge in [0.25, 0.3) is 5.97 Å². The fraction of sp³-hybridized carbons (Fsp3) is 0.0952. The highest BCUT2D eigenvalue weighted by atomic mass is 16.4. The zero-order valence-electron chi connectivity index (χ0n) is 13.9. The summed E-state index contributed by atoms with van der Waals surface area (Å²) in [7, 11) is 0. The van der Waals surface area contributed by atoms with Crippen LogP contribution in [0.15, 0.2) is 72.8 Å². The van der Waals surface area contributed by atoms with Crippen molar-refractivity contribution in [1.82, 2.24) is 0 Å². The first kappa shape index (κ1) is 17.9. The van der Waals surface area contributed by atoms with E-state index in [0.717, 1.165) is 13.3 Å². The maximum atomic E-state index is 9.00. The lowest BCUT2D eigenvalue weighted by Gasteiger charge is -2.10. The second kappa shape index (κ2) is 8.42. The number of benzene rings is 3. The summed E-state index contributed by atoms with van der Waals surface area (Å²) in [6.45, 7) is 1.08. The normalized spacial score (nSPS) is 10.2. The fourth-order valence-electron chi connectivity index (χ4n) is 2.74. The molecule has 3 aliphatic rings. The van der Waals surface area contributed by atoms with E-state index in [2.05, 4.69) is 72.8 Å². The summed E-state index contributed by atoms with van der Waals surface area (Å²) in [5, 5.41) is 19.4. The smallest absolute Gasteiger partial charge is 0.300 e. The second-order valence-corrected chi connectivity index (χ2v) is 5.59. The zero-order chi connectivity index (χ0) is 18.2. The Morgan fingerprint density at radius 2 is 1.08 bits per heavy atom. The summed E-state index contributed by atoms with van der Waals surface area (Å²) >= 11 is 0. The van der Waals surface area contributed by atoms with Gasteiger partial charge in [-0.2, -0.15) is 0 Å². The van der Waals surface area contributed by atoms with Crippen LogP contribution in [0.4, 0.5) is 0 Å². The van der Waals surface area contributed by atoms with E-state index in [1.54, 1.807) is 0 Å². The van der Waals surface area contributed by atoms with Gasteiger partial charge in [-0.3, -0.25) is 4.79 Å². The number of aliphatic carboxylic acids is 1. The van der Waals surface area contributed by atoms with Gasteiger partial charge in [-0.05, 0) is 39.8 Å². The fourth-order valence-corrected chi connectivity index (χ4v) is 2.74. The third kappa shape index (κ3) is 4.30. The van der Waals surface area contributed by atoms with Crippen molar-refractivity contribution in [3.63, 3.8) is 0 Å². The Balaban J connectivity index is 0.000000156. The van der Waals surface area contributed by atoms with Gasteiger partial charge in [0, 0.05) is 17.7 Å². The summed E-state index contributed by atoms with van der Waals surface area (Å²) < 4.78 is 0. The molecule has 4 heteroatoms. The van der Waals surface area contributed by atoms with E-state index in [1.807, 2.05) is 0 Å². The SMILES string of the molecule is CC(=O)O.N#N.c1cc2ccc1-2.c1ccc2c(c1)Cc1ccccc1-2. The third-order valence-corrected chi connectivity index (χ3v) is 3.92. The molecule has 25 heavy (non-hydrogen) atoms. The molecule has 3 aliphatic carbocycles. The molecule has 0 unspecified atom stereocenters. The van der Waals surface area contributed by atoms with Crippen LogP contribution in [0.5, 0.6) is 0 Å². The van der Waals surface area contributed by atoms with Crippen LogP contribution < -0.4 is 0 Å². The van der Waals surface area contributed by atoms with E-state index >= 15 is 0 Å². The predicted octanol–water partition coefficient (Wildman–Crippen LogP) is 5.05.